The molecule has 0 bridgehead atoms. The molecule has 1 amide bonds. The van der Waals surface area contributed by atoms with Crippen LogP contribution in [-0.4, -0.2) is 46.3 Å². The number of rotatable bonds is 6. The third kappa shape index (κ3) is 3.68. The summed E-state index contributed by atoms with van der Waals surface area (Å²) < 4.78 is 14.1. The molecule has 1 unspecified atom stereocenters. The minimum absolute atomic E-state index is 0.0280. The van der Waals surface area contributed by atoms with E-state index in [0.717, 1.165) is 35.4 Å². The highest BCUT2D eigenvalue weighted by Crippen LogP contribution is 2.33. The molecule has 0 aliphatic carbocycles. The van der Waals surface area contributed by atoms with Crippen molar-refractivity contribution in [3.05, 3.63) is 36.4 Å². The van der Waals surface area contributed by atoms with Crippen LogP contribution in [0.3, 0.4) is 0 Å². The summed E-state index contributed by atoms with van der Waals surface area (Å²) in [5.74, 6) is 1.03. The minimum atomic E-state index is -0.165. The fourth-order valence-corrected chi connectivity index (χ4v) is 4.20. The Labute approximate surface area is 161 Å². The van der Waals surface area contributed by atoms with Crippen LogP contribution in [0.5, 0.6) is 5.75 Å². The summed E-state index contributed by atoms with van der Waals surface area (Å²) in [6.07, 6.45) is 5.39. The standard InChI is InChI=1S/C19H22N4O3S/c1-3-25-13-6-7-15-16(11-13)27-19(21-15)23(12-14-5-4-10-26-14)18(24)17-20-8-9-22(17)2/h6-9,11,14H,3-5,10,12H2,1-2H3. The van der Waals surface area contributed by atoms with Gasteiger partial charge in [0.25, 0.3) is 5.91 Å². The van der Waals surface area contributed by atoms with E-state index >= 15 is 0 Å². The third-order valence-corrected chi connectivity index (χ3v) is 5.60. The molecule has 7 nitrogen and oxygen atoms in total. The van der Waals surface area contributed by atoms with Gasteiger partial charge in [0.2, 0.25) is 0 Å². The second-order valence-electron chi connectivity index (χ2n) is 6.47. The SMILES string of the molecule is CCOc1ccc2nc(N(CC3CCCO3)C(=O)c3nccn3C)sc2c1. The number of thiazole rings is 1. The summed E-state index contributed by atoms with van der Waals surface area (Å²) >= 11 is 1.48. The second-order valence-corrected chi connectivity index (χ2v) is 7.48. The van der Waals surface area contributed by atoms with Gasteiger partial charge in [0.1, 0.15) is 5.75 Å². The van der Waals surface area contributed by atoms with Crippen molar-refractivity contribution in [2.45, 2.75) is 25.9 Å². The Hall–Kier alpha value is -2.45. The van der Waals surface area contributed by atoms with E-state index in [4.69, 9.17) is 14.5 Å². The predicted molar refractivity (Wildman–Crippen MR) is 105 cm³/mol. The Morgan fingerprint density at radius 3 is 3.07 bits per heavy atom. The van der Waals surface area contributed by atoms with Gasteiger partial charge in [-0.1, -0.05) is 11.3 Å². The van der Waals surface area contributed by atoms with Gasteiger partial charge in [-0.15, -0.1) is 0 Å². The molecule has 0 saturated carbocycles. The first-order valence-corrected chi connectivity index (χ1v) is 9.91. The minimum Gasteiger partial charge on any atom is -0.494 e. The van der Waals surface area contributed by atoms with E-state index in [-0.39, 0.29) is 12.0 Å². The Morgan fingerprint density at radius 1 is 1.48 bits per heavy atom. The van der Waals surface area contributed by atoms with Crippen molar-refractivity contribution in [1.82, 2.24) is 14.5 Å². The molecule has 1 aromatic carbocycles. The number of fused-ring (bicyclic) bond motifs is 1. The van der Waals surface area contributed by atoms with Crippen molar-refractivity contribution in [3.8, 4) is 5.75 Å². The molecule has 0 N–H and O–H groups in total. The number of amides is 1. The smallest absolute Gasteiger partial charge is 0.296 e. The summed E-state index contributed by atoms with van der Waals surface area (Å²) in [5, 5.41) is 0.655. The lowest BCUT2D eigenvalue weighted by Gasteiger charge is -2.22. The second kappa shape index (κ2) is 7.66. The first-order chi connectivity index (χ1) is 13.2. The number of carbonyl (C=O) groups is 1. The normalized spacial score (nSPS) is 16.7. The van der Waals surface area contributed by atoms with Crippen LogP contribution in [0.2, 0.25) is 0 Å². The highest BCUT2D eigenvalue weighted by atomic mass is 32.1. The number of benzene rings is 1. The number of aryl methyl sites for hydroxylation is 1. The van der Waals surface area contributed by atoms with Crippen LogP contribution >= 0.6 is 11.3 Å². The first kappa shape index (κ1) is 17.9. The monoisotopic (exact) mass is 386 g/mol. The zero-order valence-corrected chi connectivity index (χ0v) is 16.2. The molecule has 1 saturated heterocycles. The van der Waals surface area contributed by atoms with Gasteiger partial charge >= 0.3 is 0 Å². The molecule has 4 rings (SSSR count). The molecule has 1 aliphatic heterocycles. The Kier molecular flexibility index (Phi) is 5.09. The number of ether oxygens (including phenoxy) is 2. The third-order valence-electron chi connectivity index (χ3n) is 4.56. The molecule has 0 spiro atoms. The number of nitrogens with zero attached hydrogens (tertiary/aromatic N) is 4. The quantitative estimate of drug-likeness (QED) is 0.650. The molecule has 0 radical (unpaired) electrons. The molecule has 142 valence electrons. The number of hydrogen-bond acceptors (Lipinski definition) is 6. The van der Waals surface area contributed by atoms with Crippen LogP contribution in [-0.2, 0) is 11.8 Å². The van der Waals surface area contributed by atoms with Crippen LogP contribution in [0.1, 0.15) is 30.4 Å². The maximum atomic E-state index is 13.2. The van der Waals surface area contributed by atoms with Crippen molar-refractivity contribution in [2.24, 2.45) is 7.05 Å². The van der Waals surface area contributed by atoms with E-state index in [2.05, 4.69) is 4.98 Å². The van der Waals surface area contributed by atoms with E-state index in [0.29, 0.717) is 24.1 Å². The Bertz CT molecular complexity index is 945. The van der Waals surface area contributed by atoms with Crippen LogP contribution in [0.4, 0.5) is 5.13 Å². The zero-order valence-electron chi connectivity index (χ0n) is 15.4. The Morgan fingerprint density at radius 2 is 2.37 bits per heavy atom. The predicted octanol–water partition coefficient (Wildman–Crippen LogP) is 3.25. The number of anilines is 1. The lowest BCUT2D eigenvalue weighted by Crippen LogP contribution is -2.38. The molecular formula is C19H22N4O3S. The highest BCUT2D eigenvalue weighted by molar-refractivity contribution is 7.22. The van der Waals surface area contributed by atoms with Gasteiger partial charge < -0.3 is 14.0 Å². The molecule has 2 aromatic heterocycles. The summed E-state index contributed by atoms with van der Waals surface area (Å²) in [4.78, 5) is 23.8. The largest absolute Gasteiger partial charge is 0.494 e. The average molecular weight is 386 g/mol. The topological polar surface area (TPSA) is 69.5 Å². The van der Waals surface area contributed by atoms with Gasteiger partial charge in [-0.05, 0) is 38.0 Å². The van der Waals surface area contributed by atoms with Gasteiger partial charge in [-0.2, -0.15) is 0 Å². The van der Waals surface area contributed by atoms with Crippen LogP contribution in [0.15, 0.2) is 30.6 Å². The van der Waals surface area contributed by atoms with Crippen molar-refractivity contribution in [1.29, 1.82) is 0 Å². The fraction of sp³-hybridized carbons (Fsp3) is 0.421. The average Bonchev–Trinajstić information content (AvgIpc) is 3.39. The van der Waals surface area contributed by atoms with Gasteiger partial charge in [0.15, 0.2) is 11.0 Å². The lowest BCUT2D eigenvalue weighted by atomic mass is 10.2. The number of hydrogen-bond donors (Lipinski definition) is 0. The summed E-state index contributed by atoms with van der Waals surface area (Å²) in [6.45, 7) is 3.79. The van der Waals surface area contributed by atoms with Crippen LogP contribution in [0, 0.1) is 0 Å². The van der Waals surface area contributed by atoms with E-state index in [9.17, 15) is 4.79 Å². The lowest BCUT2D eigenvalue weighted by molar-refractivity contribution is 0.0906. The van der Waals surface area contributed by atoms with Gasteiger partial charge in [-0.3, -0.25) is 9.69 Å². The van der Waals surface area contributed by atoms with Crippen molar-refractivity contribution < 1.29 is 14.3 Å². The first-order valence-electron chi connectivity index (χ1n) is 9.10. The summed E-state index contributed by atoms with van der Waals surface area (Å²) in [5.41, 5.74) is 0.850. The molecule has 1 aliphatic rings. The van der Waals surface area contributed by atoms with Gasteiger partial charge in [-0.25, -0.2) is 9.97 Å². The molecule has 27 heavy (non-hydrogen) atoms. The molecule has 1 atom stereocenters. The molecular weight excluding hydrogens is 364 g/mol. The molecule has 3 aromatic rings. The molecule has 3 heterocycles. The number of carbonyl (C=O) groups excluding carboxylic acids is 1. The van der Waals surface area contributed by atoms with Gasteiger partial charge in [0, 0.05) is 26.0 Å². The maximum Gasteiger partial charge on any atom is 0.296 e. The van der Waals surface area contributed by atoms with Crippen molar-refractivity contribution in [3.63, 3.8) is 0 Å². The van der Waals surface area contributed by atoms with E-state index < -0.39 is 0 Å². The Balaban J connectivity index is 1.69. The van der Waals surface area contributed by atoms with E-state index in [1.807, 2.05) is 32.2 Å². The van der Waals surface area contributed by atoms with E-state index in [1.165, 1.54) is 11.3 Å². The number of imidazole rings is 1. The van der Waals surface area contributed by atoms with E-state index in [1.54, 1.807) is 21.9 Å². The maximum absolute atomic E-state index is 13.2. The van der Waals surface area contributed by atoms with Crippen molar-refractivity contribution in [2.75, 3.05) is 24.7 Å². The fourth-order valence-electron chi connectivity index (χ4n) is 3.20. The zero-order chi connectivity index (χ0) is 18.8. The van der Waals surface area contributed by atoms with Crippen LogP contribution < -0.4 is 9.64 Å². The highest BCUT2D eigenvalue weighted by Gasteiger charge is 2.28. The molecule has 1 fully saturated rings. The van der Waals surface area contributed by atoms with Gasteiger partial charge in [0.05, 0.1) is 29.5 Å². The summed E-state index contributed by atoms with van der Waals surface area (Å²) in [6, 6.07) is 5.80. The summed E-state index contributed by atoms with van der Waals surface area (Å²) in [7, 11) is 1.82. The van der Waals surface area contributed by atoms with Crippen molar-refractivity contribution >= 4 is 32.6 Å². The molecule has 8 heteroatoms. The van der Waals surface area contributed by atoms with Crippen LogP contribution in [0.25, 0.3) is 10.2 Å². The number of aromatic nitrogens is 3.